The summed E-state index contributed by atoms with van der Waals surface area (Å²) in [6.45, 7) is -0.967. The number of benzene rings is 1. The van der Waals surface area contributed by atoms with Gasteiger partial charge in [-0.25, -0.2) is 0 Å². The van der Waals surface area contributed by atoms with E-state index in [-0.39, 0.29) is 44.1 Å². The van der Waals surface area contributed by atoms with Gasteiger partial charge in [-0.15, -0.1) is 0 Å². The topological polar surface area (TPSA) is 160 Å². The third-order valence-corrected chi connectivity index (χ3v) is 5.51. The lowest BCUT2D eigenvalue weighted by atomic mass is 10.1. The van der Waals surface area contributed by atoms with Crippen molar-refractivity contribution in [1.29, 1.82) is 0 Å². The van der Waals surface area contributed by atoms with E-state index in [9.17, 15) is 24.0 Å². The highest BCUT2D eigenvalue weighted by atomic mass is 79.9. The predicted molar refractivity (Wildman–Crippen MR) is 138 cm³/mol. The normalized spacial score (nSPS) is 10.3. The highest BCUT2D eigenvalue weighted by molar-refractivity contribution is 9.09. The molecule has 0 spiro atoms. The Morgan fingerprint density at radius 1 is 0.730 bits per heavy atom. The van der Waals surface area contributed by atoms with Crippen LogP contribution in [0.3, 0.4) is 0 Å². The lowest BCUT2D eigenvalue weighted by molar-refractivity contribution is -0.129. The standard InChI is InChI=1S/C24H31BrN6O6/c1-31-8-2-3-19(31)9-17-4-6-18(7-5-17)15-37-16-30-24(36)14-29-23(35)13-28-22(34)12-27-21(33)11-26-20(32)10-25/h2-8H,9-16H2,1H3,(H,26,32)(H,27,33)(H,28,34)(H,29,35)(H,30,36). The van der Waals surface area contributed by atoms with Gasteiger partial charge in [0.25, 0.3) is 0 Å². The average Bonchev–Trinajstić information content (AvgIpc) is 3.30. The Morgan fingerprint density at radius 3 is 1.70 bits per heavy atom. The molecule has 37 heavy (non-hydrogen) atoms. The molecule has 0 radical (unpaired) electrons. The molecule has 5 N–H and O–H groups in total. The van der Waals surface area contributed by atoms with E-state index in [4.69, 9.17) is 4.74 Å². The van der Waals surface area contributed by atoms with Crippen molar-refractivity contribution in [3.8, 4) is 0 Å². The molecule has 0 atom stereocenters. The molecular formula is C24H31BrN6O6. The molecule has 2 rings (SSSR count). The van der Waals surface area contributed by atoms with Crippen LogP contribution >= 0.6 is 15.9 Å². The maximum atomic E-state index is 11.9. The molecule has 13 heteroatoms. The highest BCUT2D eigenvalue weighted by Gasteiger charge is 2.10. The van der Waals surface area contributed by atoms with Gasteiger partial charge < -0.3 is 35.9 Å². The Bertz CT molecular complexity index is 1070. The second kappa shape index (κ2) is 16.1. The molecule has 200 valence electrons. The minimum Gasteiger partial charge on any atom is -0.357 e. The van der Waals surface area contributed by atoms with Crippen LogP contribution in [-0.2, 0) is 48.8 Å². The van der Waals surface area contributed by atoms with Crippen LogP contribution in [0.4, 0.5) is 0 Å². The predicted octanol–water partition coefficient (Wildman–Crippen LogP) is -0.934. The van der Waals surface area contributed by atoms with Crippen LogP contribution in [0, 0.1) is 0 Å². The molecule has 1 heterocycles. The van der Waals surface area contributed by atoms with Crippen LogP contribution in [0.2, 0.25) is 0 Å². The summed E-state index contributed by atoms with van der Waals surface area (Å²) in [6.07, 6.45) is 2.85. The molecule has 1 aromatic carbocycles. The fourth-order valence-corrected chi connectivity index (χ4v) is 3.15. The number of aryl methyl sites for hydroxylation is 1. The monoisotopic (exact) mass is 578 g/mol. The number of hydrogen-bond donors (Lipinski definition) is 5. The van der Waals surface area contributed by atoms with Crippen molar-refractivity contribution < 1.29 is 28.7 Å². The van der Waals surface area contributed by atoms with Gasteiger partial charge in [0.1, 0.15) is 6.73 Å². The van der Waals surface area contributed by atoms with Gasteiger partial charge in [-0.3, -0.25) is 24.0 Å². The molecular weight excluding hydrogens is 548 g/mol. The van der Waals surface area contributed by atoms with E-state index in [2.05, 4.69) is 53.1 Å². The highest BCUT2D eigenvalue weighted by Crippen LogP contribution is 2.11. The molecule has 0 bridgehead atoms. The zero-order chi connectivity index (χ0) is 27.0. The summed E-state index contributed by atoms with van der Waals surface area (Å²) in [5.74, 6) is -2.53. The third kappa shape index (κ3) is 12.2. The summed E-state index contributed by atoms with van der Waals surface area (Å²) < 4.78 is 7.54. The van der Waals surface area contributed by atoms with Gasteiger partial charge in [-0.05, 0) is 23.3 Å². The van der Waals surface area contributed by atoms with E-state index in [1.807, 2.05) is 43.6 Å². The summed E-state index contributed by atoms with van der Waals surface area (Å²) in [5, 5.41) is 11.9. The van der Waals surface area contributed by atoms with Gasteiger partial charge in [0.05, 0.1) is 38.1 Å². The van der Waals surface area contributed by atoms with Gasteiger partial charge in [0, 0.05) is 25.4 Å². The van der Waals surface area contributed by atoms with E-state index in [0.29, 0.717) is 6.61 Å². The Balaban J connectivity index is 1.52. The first-order valence-corrected chi connectivity index (χ1v) is 12.5. The summed E-state index contributed by atoms with van der Waals surface area (Å²) in [7, 11) is 2.01. The summed E-state index contributed by atoms with van der Waals surface area (Å²) in [6, 6.07) is 12.1. The van der Waals surface area contributed by atoms with Gasteiger partial charge in [-0.2, -0.15) is 0 Å². The van der Waals surface area contributed by atoms with Crippen molar-refractivity contribution in [3.05, 3.63) is 59.4 Å². The Hall–Kier alpha value is -3.71. The fraction of sp³-hybridized carbons (Fsp3) is 0.375. The van der Waals surface area contributed by atoms with Gasteiger partial charge in [0.15, 0.2) is 0 Å². The SMILES string of the molecule is Cn1cccc1Cc1ccc(COCNC(=O)CNC(=O)CNC(=O)CNC(=O)CNC(=O)CBr)cc1. The third-order valence-electron chi connectivity index (χ3n) is 5.01. The van der Waals surface area contributed by atoms with E-state index >= 15 is 0 Å². The number of rotatable bonds is 15. The minimum atomic E-state index is -0.596. The summed E-state index contributed by atoms with van der Waals surface area (Å²) in [5.41, 5.74) is 3.37. The van der Waals surface area contributed by atoms with Crippen LogP contribution < -0.4 is 26.6 Å². The Morgan fingerprint density at radius 2 is 1.22 bits per heavy atom. The molecule has 2 aromatic rings. The van der Waals surface area contributed by atoms with Gasteiger partial charge >= 0.3 is 0 Å². The fourth-order valence-electron chi connectivity index (χ4n) is 2.96. The molecule has 12 nitrogen and oxygen atoms in total. The number of carbonyl (C=O) groups is 5. The maximum absolute atomic E-state index is 11.9. The largest absolute Gasteiger partial charge is 0.357 e. The Kier molecular flexibility index (Phi) is 12.9. The number of hydrogen-bond acceptors (Lipinski definition) is 6. The molecule has 0 saturated heterocycles. The molecule has 1 aromatic heterocycles. The van der Waals surface area contributed by atoms with E-state index in [1.165, 1.54) is 11.3 Å². The van der Waals surface area contributed by atoms with Crippen molar-refractivity contribution >= 4 is 45.5 Å². The average molecular weight is 579 g/mol. The van der Waals surface area contributed by atoms with Crippen LogP contribution in [0.5, 0.6) is 0 Å². The smallest absolute Gasteiger partial charge is 0.241 e. The molecule has 0 unspecified atom stereocenters. The van der Waals surface area contributed by atoms with E-state index < -0.39 is 23.6 Å². The summed E-state index contributed by atoms with van der Waals surface area (Å²) >= 11 is 2.94. The lowest BCUT2D eigenvalue weighted by Crippen LogP contribution is -2.45. The van der Waals surface area contributed by atoms with Crippen molar-refractivity contribution in [1.82, 2.24) is 31.2 Å². The molecule has 0 aliphatic rings. The quantitative estimate of drug-likeness (QED) is 0.104. The van der Waals surface area contributed by atoms with Crippen LogP contribution in [0.1, 0.15) is 16.8 Å². The summed E-state index contributed by atoms with van der Waals surface area (Å²) in [4.78, 5) is 57.8. The molecule has 0 saturated carbocycles. The van der Waals surface area contributed by atoms with Crippen LogP contribution in [-0.4, -0.2) is 72.3 Å². The first kappa shape index (κ1) is 29.5. The van der Waals surface area contributed by atoms with Gasteiger partial charge in [0.2, 0.25) is 29.5 Å². The molecule has 0 aliphatic carbocycles. The zero-order valence-corrected chi connectivity index (χ0v) is 22.1. The Labute approximate surface area is 223 Å². The van der Waals surface area contributed by atoms with E-state index in [0.717, 1.165) is 12.0 Å². The number of nitrogens with one attached hydrogen (secondary N) is 5. The zero-order valence-electron chi connectivity index (χ0n) is 20.5. The van der Waals surface area contributed by atoms with E-state index in [1.54, 1.807) is 0 Å². The number of alkyl halides is 1. The second-order valence-electron chi connectivity index (χ2n) is 7.94. The number of aromatic nitrogens is 1. The van der Waals surface area contributed by atoms with Crippen molar-refractivity contribution in [2.45, 2.75) is 13.0 Å². The van der Waals surface area contributed by atoms with Crippen molar-refractivity contribution in [2.24, 2.45) is 7.05 Å². The number of halogens is 1. The number of nitrogens with zero attached hydrogens (tertiary/aromatic N) is 1. The number of ether oxygens (including phenoxy) is 1. The van der Waals surface area contributed by atoms with Crippen LogP contribution in [0.25, 0.3) is 0 Å². The van der Waals surface area contributed by atoms with Crippen LogP contribution in [0.15, 0.2) is 42.6 Å². The number of amides is 5. The first-order valence-electron chi connectivity index (χ1n) is 11.4. The minimum absolute atomic E-state index is 0.0215. The molecule has 0 aliphatic heterocycles. The van der Waals surface area contributed by atoms with Gasteiger partial charge in [-0.1, -0.05) is 40.2 Å². The van der Waals surface area contributed by atoms with Crippen molar-refractivity contribution in [3.63, 3.8) is 0 Å². The second-order valence-corrected chi connectivity index (χ2v) is 8.50. The lowest BCUT2D eigenvalue weighted by Gasteiger charge is -2.10. The molecule has 0 fully saturated rings. The molecule has 5 amide bonds. The maximum Gasteiger partial charge on any atom is 0.241 e. The van der Waals surface area contributed by atoms with Crippen molar-refractivity contribution in [2.75, 3.05) is 38.2 Å². The first-order chi connectivity index (χ1) is 17.8. The number of carbonyl (C=O) groups excluding carboxylic acids is 5.